The first-order chi connectivity index (χ1) is 15.5. The fraction of sp³-hybridized carbons (Fsp3) is 0.652. The summed E-state index contributed by atoms with van der Waals surface area (Å²) in [5, 5.41) is 5.25. The Labute approximate surface area is 190 Å². The van der Waals surface area contributed by atoms with Crippen molar-refractivity contribution in [2.45, 2.75) is 58.8 Å². The van der Waals surface area contributed by atoms with Gasteiger partial charge in [0.25, 0.3) is 11.8 Å². The lowest BCUT2D eigenvalue weighted by Gasteiger charge is -2.11. The van der Waals surface area contributed by atoms with Crippen molar-refractivity contribution in [1.82, 2.24) is 15.6 Å². The molecule has 2 amide bonds. The highest BCUT2D eigenvalue weighted by atomic mass is 16.5. The van der Waals surface area contributed by atoms with E-state index in [0.717, 1.165) is 45.1 Å². The van der Waals surface area contributed by atoms with E-state index >= 15 is 0 Å². The standard InChI is InChI=1S/C23H37N3O6/c1-4-6-8-9-14-32-20(27)17-26-23(29)21-19(30-3)15-18(16-25-21)22(28)24-11-10-13-31-12-7-5-2/h15-16H,4-14,17H2,1-3H3,(H,24,28)(H,26,29). The molecule has 0 saturated carbocycles. The van der Waals surface area contributed by atoms with E-state index in [9.17, 15) is 14.4 Å². The van der Waals surface area contributed by atoms with Gasteiger partial charge in [0.1, 0.15) is 6.54 Å². The summed E-state index contributed by atoms with van der Waals surface area (Å²) in [4.78, 5) is 40.5. The minimum Gasteiger partial charge on any atom is -0.494 e. The third-order valence-electron chi connectivity index (χ3n) is 4.60. The first kappa shape index (κ1) is 27.4. The second-order valence-corrected chi connectivity index (χ2v) is 7.31. The van der Waals surface area contributed by atoms with Crippen molar-refractivity contribution >= 4 is 17.8 Å². The van der Waals surface area contributed by atoms with Crippen LogP contribution in [0.5, 0.6) is 5.75 Å². The Hall–Kier alpha value is -2.68. The molecule has 0 aromatic carbocycles. The molecule has 0 unspecified atom stereocenters. The van der Waals surface area contributed by atoms with Crippen LogP contribution in [0.15, 0.2) is 12.3 Å². The maximum Gasteiger partial charge on any atom is 0.325 e. The Morgan fingerprint density at radius 2 is 1.66 bits per heavy atom. The van der Waals surface area contributed by atoms with Crippen molar-refractivity contribution in [1.29, 1.82) is 0 Å². The molecule has 0 bridgehead atoms. The first-order valence-electron chi connectivity index (χ1n) is 11.4. The number of unbranched alkanes of at least 4 members (excludes halogenated alkanes) is 4. The Bertz CT molecular complexity index is 711. The van der Waals surface area contributed by atoms with Crippen LogP contribution in [0.25, 0.3) is 0 Å². The molecule has 9 heteroatoms. The fourth-order valence-electron chi connectivity index (χ4n) is 2.72. The molecule has 0 saturated heterocycles. The normalized spacial score (nSPS) is 10.5. The zero-order chi connectivity index (χ0) is 23.6. The van der Waals surface area contributed by atoms with Gasteiger partial charge in [0.05, 0.1) is 19.3 Å². The topological polar surface area (TPSA) is 116 Å². The monoisotopic (exact) mass is 451 g/mol. The molecule has 0 aliphatic carbocycles. The summed E-state index contributed by atoms with van der Waals surface area (Å²) in [6, 6.07) is 1.45. The predicted octanol–water partition coefficient (Wildman–Crippen LogP) is 2.88. The molecule has 0 spiro atoms. The third-order valence-corrected chi connectivity index (χ3v) is 4.60. The summed E-state index contributed by atoms with van der Waals surface area (Å²) in [6.07, 6.45) is 8.13. The zero-order valence-electron chi connectivity index (χ0n) is 19.5. The van der Waals surface area contributed by atoms with Gasteiger partial charge in [0.15, 0.2) is 11.4 Å². The van der Waals surface area contributed by atoms with Crippen molar-refractivity contribution in [3.05, 3.63) is 23.5 Å². The van der Waals surface area contributed by atoms with E-state index < -0.39 is 11.9 Å². The number of methoxy groups -OCH3 is 1. The molecule has 0 fully saturated rings. The molecule has 2 N–H and O–H groups in total. The lowest BCUT2D eigenvalue weighted by atomic mass is 10.2. The van der Waals surface area contributed by atoms with Gasteiger partial charge in [-0.1, -0.05) is 39.5 Å². The second-order valence-electron chi connectivity index (χ2n) is 7.31. The van der Waals surface area contributed by atoms with Gasteiger partial charge >= 0.3 is 5.97 Å². The van der Waals surface area contributed by atoms with E-state index in [1.165, 1.54) is 19.4 Å². The van der Waals surface area contributed by atoms with Crippen LogP contribution in [-0.4, -0.2) is 62.8 Å². The van der Waals surface area contributed by atoms with Gasteiger partial charge < -0.3 is 24.8 Å². The molecule has 1 aromatic heterocycles. The molecule has 0 radical (unpaired) electrons. The van der Waals surface area contributed by atoms with Gasteiger partial charge in [0.2, 0.25) is 0 Å². The summed E-state index contributed by atoms with van der Waals surface area (Å²) >= 11 is 0. The average Bonchev–Trinajstić information content (AvgIpc) is 2.81. The van der Waals surface area contributed by atoms with Crippen LogP contribution in [0.1, 0.15) is 79.6 Å². The summed E-state index contributed by atoms with van der Waals surface area (Å²) < 4.78 is 15.8. The number of carbonyl (C=O) groups excluding carboxylic acids is 3. The van der Waals surface area contributed by atoms with Gasteiger partial charge in [-0.05, 0) is 25.3 Å². The molecule has 1 rings (SSSR count). The molecule has 0 aliphatic heterocycles. The predicted molar refractivity (Wildman–Crippen MR) is 121 cm³/mol. The van der Waals surface area contributed by atoms with Gasteiger partial charge in [-0.15, -0.1) is 0 Å². The van der Waals surface area contributed by atoms with E-state index in [-0.39, 0.29) is 29.5 Å². The van der Waals surface area contributed by atoms with Crippen molar-refractivity contribution in [2.75, 3.05) is 40.0 Å². The third kappa shape index (κ3) is 11.1. The number of rotatable bonds is 17. The number of pyridine rings is 1. The van der Waals surface area contributed by atoms with E-state index in [1.807, 2.05) is 0 Å². The molecular weight excluding hydrogens is 414 g/mol. The Morgan fingerprint density at radius 1 is 0.906 bits per heavy atom. The molecule has 32 heavy (non-hydrogen) atoms. The van der Waals surface area contributed by atoms with E-state index in [4.69, 9.17) is 14.2 Å². The van der Waals surface area contributed by atoms with Crippen LogP contribution in [0, 0.1) is 0 Å². The van der Waals surface area contributed by atoms with E-state index in [1.54, 1.807) is 0 Å². The molecule has 1 heterocycles. The highest BCUT2D eigenvalue weighted by Crippen LogP contribution is 2.17. The zero-order valence-corrected chi connectivity index (χ0v) is 19.5. The molecule has 0 atom stereocenters. The Kier molecular flexibility index (Phi) is 14.5. The van der Waals surface area contributed by atoms with Crippen LogP contribution in [0.2, 0.25) is 0 Å². The highest BCUT2D eigenvalue weighted by molar-refractivity contribution is 5.99. The summed E-state index contributed by atoms with van der Waals surface area (Å²) in [5.74, 6) is -1.27. The van der Waals surface area contributed by atoms with Crippen molar-refractivity contribution in [3.63, 3.8) is 0 Å². The van der Waals surface area contributed by atoms with Gasteiger partial charge in [-0.3, -0.25) is 14.4 Å². The summed E-state index contributed by atoms with van der Waals surface area (Å²) in [7, 11) is 1.38. The number of aromatic nitrogens is 1. The molecular formula is C23H37N3O6. The second kappa shape index (κ2) is 16.9. The van der Waals surface area contributed by atoms with Crippen LogP contribution >= 0.6 is 0 Å². The first-order valence-corrected chi connectivity index (χ1v) is 11.4. The molecule has 9 nitrogen and oxygen atoms in total. The van der Waals surface area contributed by atoms with Crippen LogP contribution in [0.4, 0.5) is 0 Å². The Morgan fingerprint density at radius 3 is 2.38 bits per heavy atom. The lowest BCUT2D eigenvalue weighted by molar-refractivity contribution is -0.142. The number of nitrogens with one attached hydrogen (secondary N) is 2. The number of nitrogens with zero attached hydrogens (tertiary/aromatic N) is 1. The largest absolute Gasteiger partial charge is 0.494 e. The Balaban J connectivity index is 2.46. The minimum absolute atomic E-state index is 0.0101. The van der Waals surface area contributed by atoms with Crippen molar-refractivity contribution < 1.29 is 28.6 Å². The van der Waals surface area contributed by atoms with Gasteiger partial charge in [-0.2, -0.15) is 0 Å². The van der Waals surface area contributed by atoms with Gasteiger partial charge in [0, 0.05) is 26.0 Å². The maximum atomic E-state index is 12.4. The minimum atomic E-state index is -0.582. The highest BCUT2D eigenvalue weighted by Gasteiger charge is 2.18. The average molecular weight is 452 g/mol. The number of amides is 2. The summed E-state index contributed by atoms with van der Waals surface area (Å²) in [5.41, 5.74) is 0.265. The SMILES string of the molecule is CCCCCCOC(=O)CNC(=O)c1ncc(C(=O)NCCCOCCCC)cc1OC. The van der Waals surface area contributed by atoms with E-state index in [2.05, 4.69) is 29.5 Å². The smallest absolute Gasteiger partial charge is 0.325 e. The number of hydrogen-bond donors (Lipinski definition) is 2. The number of carbonyl (C=O) groups is 3. The van der Waals surface area contributed by atoms with Gasteiger partial charge in [-0.25, -0.2) is 4.98 Å². The number of esters is 1. The van der Waals surface area contributed by atoms with Crippen LogP contribution in [0.3, 0.4) is 0 Å². The fourth-order valence-corrected chi connectivity index (χ4v) is 2.72. The molecule has 1 aromatic rings. The number of ether oxygens (including phenoxy) is 3. The molecule has 0 aliphatic rings. The maximum absolute atomic E-state index is 12.4. The molecule has 180 valence electrons. The van der Waals surface area contributed by atoms with Crippen LogP contribution < -0.4 is 15.4 Å². The van der Waals surface area contributed by atoms with Crippen LogP contribution in [-0.2, 0) is 14.3 Å². The summed E-state index contributed by atoms with van der Waals surface area (Å²) in [6.45, 7) is 6.06. The van der Waals surface area contributed by atoms with E-state index in [0.29, 0.717) is 26.2 Å². The lowest BCUT2D eigenvalue weighted by Crippen LogP contribution is -2.32. The van der Waals surface area contributed by atoms with Crippen molar-refractivity contribution in [3.8, 4) is 5.75 Å². The van der Waals surface area contributed by atoms with Crippen molar-refractivity contribution in [2.24, 2.45) is 0 Å². The quantitative estimate of drug-likeness (QED) is 0.276. The number of hydrogen-bond acceptors (Lipinski definition) is 7.